The van der Waals surface area contributed by atoms with Crippen LogP contribution in [0.25, 0.3) is 0 Å². The third-order valence-corrected chi connectivity index (χ3v) is 4.23. The highest BCUT2D eigenvalue weighted by Crippen LogP contribution is 2.29. The molecule has 1 aromatic heterocycles. The van der Waals surface area contributed by atoms with Crippen LogP contribution in [0.5, 0.6) is 0 Å². The van der Waals surface area contributed by atoms with Gasteiger partial charge in [0.15, 0.2) is 9.84 Å². The maximum Gasteiger partial charge on any atom is 0.267 e. The van der Waals surface area contributed by atoms with Gasteiger partial charge in [0.2, 0.25) is 0 Å². The predicted molar refractivity (Wildman–Crippen MR) is 63.2 cm³/mol. The molecule has 7 heteroatoms. The molecule has 1 rings (SSSR count). The van der Waals surface area contributed by atoms with Gasteiger partial charge in [-0.1, -0.05) is 6.92 Å². The van der Waals surface area contributed by atoms with Crippen molar-refractivity contribution < 1.29 is 8.42 Å². The average Bonchev–Trinajstić information content (AvgIpc) is 2.57. The van der Waals surface area contributed by atoms with Crippen molar-refractivity contribution in [3.63, 3.8) is 0 Å². The zero-order valence-corrected chi connectivity index (χ0v) is 10.8. The van der Waals surface area contributed by atoms with E-state index in [4.69, 9.17) is 5.26 Å². The van der Waals surface area contributed by atoms with Crippen LogP contribution in [-0.2, 0) is 16.3 Å². The van der Waals surface area contributed by atoms with Gasteiger partial charge < -0.3 is 5.10 Å². The third-order valence-electron chi connectivity index (χ3n) is 2.67. The Morgan fingerprint density at radius 1 is 1.41 bits per heavy atom. The summed E-state index contributed by atoms with van der Waals surface area (Å²) >= 11 is 0. The number of nitriles is 1. The van der Waals surface area contributed by atoms with E-state index in [1.165, 1.54) is 6.92 Å². The second-order valence-electron chi connectivity index (χ2n) is 3.99. The van der Waals surface area contributed by atoms with E-state index in [0.717, 1.165) is 6.26 Å². The summed E-state index contributed by atoms with van der Waals surface area (Å²) in [5.74, 6) is -0.721. The van der Waals surface area contributed by atoms with E-state index in [1.54, 1.807) is 6.92 Å². The number of sulfone groups is 1. The number of hydrogen-bond acceptors (Lipinski definition) is 4. The minimum Gasteiger partial charge on any atom is -0.301 e. The molecule has 17 heavy (non-hydrogen) atoms. The lowest BCUT2D eigenvalue weighted by atomic mass is 10.0. The Kier molecular flexibility index (Phi) is 3.78. The summed E-state index contributed by atoms with van der Waals surface area (Å²) in [5.41, 5.74) is 0.359. The van der Waals surface area contributed by atoms with Gasteiger partial charge in [-0.05, 0) is 13.3 Å². The van der Waals surface area contributed by atoms with Gasteiger partial charge in [0.1, 0.15) is 5.25 Å². The van der Waals surface area contributed by atoms with Crippen molar-refractivity contribution in [2.75, 3.05) is 6.26 Å². The lowest BCUT2D eigenvalue weighted by molar-refractivity contribution is 0.562. The highest BCUT2D eigenvalue weighted by molar-refractivity contribution is 7.90. The van der Waals surface area contributed by atoms with Crippen LogP contribution in [0, 0.1) is 17.2 Å². The van der Waals surface area contributed by atoms with Gasteiger partial charge in [0, 0.05) is 11.8 Å². The molecule has 0 bridgehead atoms. The van der Waals surface area contributed by atoms with Crippen LogP contribution >= 0.6 is 0 Å². The van der Waals surface area contributed by atoms with Crippen molar-refractivity contribution >= 4 is 9.84 Å². The van der Waals surface area contributed by atoms with Crippen molar-refractivity contribution in [3.05, 3.63) is 21.6 Å². The molecule has 0 amide bonds. The number of nitrogens with zero attached hydrogens (tertiary/aromatic N) is 1. The van der Waals surface area contributed by atoms with Crippen LogP contribution in [0.4, 0.5) is 0 Å². The van der Waals surface area contributed by atoms with Gasteiger partial charge in [0.25, 0.3) is 5.56 Å². The molecule has 0 spiro atoms. The lowest BCUT2D eigenvalue weighted by Gasteiger charge is -2.16. The molecule has 6 nitrogen and oxygen atoms in total. The fraction of sp³-hybridized carbons (Fsp3) is 0.600. The minimum absolute atomic E-state index is 0.300. The van der Waals surface area contributed by atoms with Gasteiger partial charge >= 0.3 is 0 Å². The molecule has 2 atom stereocenters. The summed E-state index contributed by atoms with van der Waals surface area (Å²) in [6.45, 7) is 3.29. The Balaban J connectivity index is 3.44. The molecule has 1 aromatic rings. The molecule has 0 aliphatic heterocycles. The molecular weight excluding hydrogens is 242 g/mol. The van der Waals surface area contributed by atoms with E-state index in [-0.39, 0.29) is 5.56 Å². The van der Waals surface area contributed by atoms with Crippen molar-refractivity contribution in [3.8, 4) is 6.07 Å². The van der Waals surface area contributed by atoms with Crippen molar-refractivity contribution in [2.45, 2.75) is 25.5 Å². The molecule has 0 radical (unpaired) electrons. The molecule has 0 aliphatic rings. The van der Waals surface area contributed by atoms with E-state index in [0.29, 0.717) is 17.7 Å². The molecule has 0 aliphatic carbocycles. The predicted octanol–water partition coefficient (Wildman–Crippen LogP) is 0.511. The molecule has 2 N–H and O–H groups in total. The van der Waals surface area contributed by atoms with Crippen LogP contribution in [0.3, 0.4) is 0 Å². The number of H-pyrrole nitrogens is 2. The SMILES string of the molecule is CCc1c(C(C(C)C#N)S(C)(=O)=O)[nH][nH]c1=O. The molecular formula is C10H15N3O3S. The number of nitrogens with one attached hydrogen (secondary N) is 2. The summed E-state index contributed by atoms with van der Waals surface area (Å²) in [7, 11) is -3.46. The fourth-order valence-corrected chi connectivity index (χ4v) is 3.33. The molecule has 0 saturated carbocycles. The number of aromatic amines is 2. The van der Waals surface area contributed by atoms with E-state index >= 15 is 0 Å². The third kappa shape index (κ3) is 2.58. The second-order valence-corrected chi connectivity index (χ2v) is 6.16. The van der Waals surface area contributed by atoms with E-state index in [1.807, 2.05) is 6.07 Å². The topological polar surface area (TPSA) is 107 Å². The summed E-state index contributed by atoms with van der Waals surface area (Å²) in [6.07, 6.45) is 1.48. The normalized spacial score (nSPS) is 15.2. The number of hydrogen-bond donors (Lipinski definition) is 2. The Morgan fingerprint density at radius 2 is 2.00 bits per heavy atom. The number of rotatable bonds is 4. The van der Waals surface area contributed by atoms with E-state index in [2.05, 4.69) is 10.2 Å². The minimum atomic E-state index is -3.46. The highest BCUT2D eigenvalue weighted by Gasteiger charge is 2.33. The zero-order chi connectivity index (χ0) is 13.2. The Labute approximate surface area is 99.6 Å². The second kappa shape index (κ2) is 4.75. The Bertz CT molecular complexity index is 591. The highest BCUT2D eigenvalue weighted by atomic mass is 32.2. The van der Waals surface area contributed by atoms with Gasteiger partial charge in [0.05, 0.1) is 17.7 Å². The van der Waals surface area contributed by atoms with Gasteiger partial charge in [-0.3, -0.25) is 9.89 Å². The number of aromatic nitrogens is 2. The summed E-state index contributed by atoms with van der Waals surface area (Å²) in [5, 5.41) is 12.8. The maximum atomic E-state index is 11.7. The molecule has 0 saturated heterocycles. The Morgan fingerprint density at radius 3 is 2.41 bits per heavy atom. The summed E-state index contributed by atoms with van der Waals surface area (Å²) in [6, 6.07) is 1.92. The van der Waals surface area contributed by atoms with Crippen molar-refractivity contribution in [1.82, 2.24) is 10.2 Å². The van der Waals surface area contributed by atoms with E-state index in [9.17, 15) is 13.2 Å². The summed E-state index contributed by atoms with van der Waals surface area (Å²) < 4.78 is 23.4. The van der Waals surface area contributed by atoms with Crippen molar-refractivity contribution in [1.29, 1.82) is 5.26 Å². The molecule has 0 aromatic carbocycles. The fourth-order valence-electron chi connectivity index (χ4n) is 1.89. The van der Waals surface area contributed by atoms with Crippen LogP contribution in [0.15, 0.2) is 4.79 Å². The Hall–Kier alpha value is -1.55. The molecule has 94 valence electrons. The zero-order valence-electron chi connectivity index (χ0n) is 9.94. The van der Waals surface area contributed by atoms with Gasteiger partial charge in [-0.15, -0.1) is 0 Å². The smallest absolute Gasteiger partial charge is 0.267 e. The monoisotopic (exact) mass is 257 g/mol. The average molecular weight is 257 g/mol. The quantitative estimate of drug-likeness (QED) is 0.819. The first-order valence-corrected chi connectivity index (χ1v) is 7.16. The molecule has 2 unspecified atom stereocenters. The molecule has 0 fully saturated rings. The van der Waals surface area contributed by atoms with Crippen LogP contribution in [0.1, 0.15) is 30.4 Å². The van der Waals surface area contributed by atoms with Gasteiger partial charge in [-0.25, -0.2) is 8.42 Å². The van der Waals surface area contributed by atoms with Crippen LogP contribution in [-0.4, -0.2) is 24.9 Å². The summed E-state index contributed by atoms with van der Waals surface area (Å²) in [4.78, 5) is 11.4. The van der Waals surface area contributed by atoms with Crippen LogP contribution < -0.4 is 5.56 Å². The first kappa shape index (κ1) is 13.5. The largest absolute Gasteiger partial charge is 0.301 e. The first-order valence-electron chi connectivity index (χ1n) is 5.20. The lowest BCUT2D eigenvalue weighted by Crippen LogP contribution is -2.20. The van der Waals surface area contributed by atoms with Gasteiger partial charge in [-0.2, -0.15) is 5.26 Å². The first-order chi connectivity index (χ1) is 7.82. The molecule has 1 heterocycles. The standard InChI is InChI=1S/C10H15N3O3S/c1-4-7-8(12-13-10(7)14)9(6(2)5-11)17(3,15)16/h6,9H,4H2,1-3H3,(H2,12,13,14). The maximum absolute atomic E-state index is 11.7. The van der Waals surface area contributed by atoms with Crippen LogP contribution in [0.2, 0.25) is 0 Å². The van der Waals surface area contributed by atoms with Crippen molar-refractivity contribution in [2.24, 2.45) is 5.92 Å². The van der Waals surface area contributed by atoms with E-state index < -0.39 is 21.0 Å².